The summed E-state index contributed by atoms with van der Waals surface area (Å²) in [5.74, 6) is 0.791. The second-order valence-corrected chi connectivity index (χ2v) is 4.71. The Morgan fingerprint density at radius 2 is 1.82 bits per heavy atom. The van der Waals surface area contributed by atoms with Gasteiger partial charge in [-0.2, -0.15) is 0 Å². The fourth-order valence-electron chi connectivity index (χ4n) is 1.10. The van der Waals surface area contributed by atoms with Crippen LogP contribution in [0.5, 0.6) is 5.75 Å². The van der Waals surface area contributed by atoms with Crippen LogP contribution in [-0.4, -0.2) is 22.3 Å². The van der Waals surface area contributed by atoms with Crippen LogP contribution in [0, 0.1) is 0 Å². The molecule has 0 radical (unpaired) electrons. The maximum atomic E-state index is 5.86. The van der Waals surface area contributed by atoms with Crippen LogP contribution in [0.1, 0.15) is 0 Å². The summed E-state index contributed by atoms with van der Waals surface area (Å²) in [6.45, 7) is 0. The molecule has 0 unspecified atom stereocenters. The lowest BCUT2D eigenvalue weighted by Crippen LogP contribution is -1.91. The summed E-state index contributed by atoms with van der Waals surface area (Å²) >= 11 is 12.9. The van der Waals surface area contributed by atoms with Crippen molar-refractivity contribution < 1.29 is 4.74 Å². The van der Waals surface area contributed by atoms with Gasteiger partial charge in [-0.25, -0.2) is 4.98 Å². The first-order valence-electron chi connectivity index (χ1n) is 4.56. The molecule has 0 aliphatic heterocycles. The van der Waals surface area contributed by atoms with Gasteiger partial charge in [-0.1, -0.05) is 23.4 Å². The lowest BCUT2D eigenvalue weighted by Gasteiger charge is -2.03. The predicted octanol–water partition coefficient (Wildman–Crippen LogP) is 3.34. The highest BCUT2D eigenvalue weighted by Gasteiger charge is 2.08. The maximum Gasteiger partial charge on any atom is 0.244 e. The first-order chi connectivity index (χ1) is 8.19. The normalized spacial score (nSPS) is 10.3. The van der Waals surface area contributed by atoms with E-state index in [0.29, 0.717) is 5.03 Å². The minimum atomic E-state index is 0.0745. The van der Waals surface area contributed by atoms with Crippen LogP contribution in [0.25, 0.3) is 0 Å². The monoisotopic (exact) mass is 287 g/mol. The molecule has 0 bridgehead atoms. The van der Waals surface area contributed by atoms with Crippen LogP contribution in [0.2, 0.25) is 10.4 Å². The van der Waals surface area contributed by atoms with Gasteiger partial charge in [0, 0.05) is 4.90 Å². The van der Waals surface area contributed by atoms with Crippen molar-refractivity contribution in [1.82, 2.24) is 15.2 Å². The van der Waals surface area contributed by atoms with E-state index in [9.17, 15) is 0 Å². The van der Waals surface area contributed by atoms with Crippen molar-refractivity contribution in [3.63, 3.8) is 0 Å². The van der Waals surface area contributed by atoms with Crippen molar-refractivity contribution in [2.24, 2.45) is 0 Å². The lowest BCUT2D eigenvalue weighted by atomic mass is 10.3. The molecule has 0 fully saturated rings. The number of nitrogens with zero attached hydrogens (tertiary/aromatic N) is 3. The molecule has 1 heterocycles. The fraction of sp³-hybridized carbons (Fsp3) is 0.100. The van der Waals surface area contributed by atoms with E-state index in [1.807, 2.05) is 24.3 Å². The molecule has 4 nitrogen and oxygen atoms in total. The molecule has 0 aliphatic rings. The molecule has 0 atom stereocenters. The van der Waals surface area contributed by atoms with Gasteiger partial charge < -0.3 is 4.74 Å². The smallest absolute Gasteiger partial charge is 0.244 e. The van der Waals surface area contributed by atoms with Crippen LogP contribution in [0.4, 0.5) is 0 Å². The van der Waals surface area contributed by atoms with E-state index in [4.69, 9.17) is 27.9 Å². The van der Waals surface area contributed by atoms with Crippen LogP contribution in [0.15, 0.2) is 34.2 Å². The number of halogens is 2. The van der Waals surface area contributed by atoms with Gasteiger partial charge in [-0.3, -0.25) is 0 Å². The quantitative estimate of drug-likeness (QED) is 0.867. The standard InChI is InChI=1S/C10H7Cl2N3OS/c1-16-6-2-4-7(5-3-6)17-9-8(11)14-15-10(12)13-9/h2-5H,1H3. The summed E-state index contributed by atoms with van der Waals surface area (Å²) in [6, 6.07) is 7.50. The third kappa shape index (κ3) is 3.21. The second kappa shape index (κ2) is 5.53. The Labute approximate surface area is 112 Å². The number of rotatable bonds is 3. The molecular formula is C10H7Cl2N3OS. The summed E-state index contributed by atoms with van der Waals surface area (Å²) in [6.07, 6.45) is 0. The molecule has 0 aliphatic carbocycles. The van der Waals surface area contributed by atoms with Crippen LogP contribution in [0.3, 0.4) is 0 Å². The summed E-state index contributed by atoms with van der Waals surface area (Å²) in [5, 5.41) is 8.06. The summed E-state index contributed by atoms with van der Waals surface area (Å²) < 4.78 is 5.07. The first kappa shape index (κ1) is 12.4. The molecule has 2 aromatic rings. The zero-order valence-electron chi connectivity index (χ0n) is 8.72. The Morgan fingerprint density at radius 3 is 2.47 bits per heavy atom. The summed E-state index contributed by atoms with van der Waals surface area (Å²) in [7, 11) is 1.62. The lowest BCUT2D eigenvalue weighted by molar-refractivity contribution is 0.414. The number of benzene rings is 1. The Balaban J connectivity index is 2.22. The van der Waals surface area contributed by atoms with E-state index in [0.717, 1.165) is 10.6 Å². The Morgan fingerprint density at radius 1 is 1.12 bits per heavy atom. The van der Waals surface area contributed by atoms with Gasteiger partial charge in [0.05, 0.1) is 7.11 Å². The van der Waals surface area contributed by atoms with Crippen LogP contribution in [-0.2, 0) is 0 Å². The van der Waals surface area contributed by atoms with Crippen molar-refractivity contribution in [2.45, 2.75) is 9.92 Å². The SMILES string of the molecule is COc1ccc(Sc2nc(Cl)nnc2Cl)cc1. The van der Waals surface area contributed by atoms with Crippen LogP contribution >= 0.6 is 35.0 Å². The van der Waals surface area contributed by atoms with E-state index in [2.05, 4.69) is 15.2 Å². The second-order valence-electron chi connectivity index (χ2n) is 2.95. The highest BCUT2D eigenvalue weighted by atomic mass is 35.5. The molecule has 17 heavy (non-hydrogen) atoms. The zero-order valence-corrected chi connectivity index (χ0v) is 11.1. The third-order valence-corrected chi connectivity index (χ3v) is 3.38. The maximum absolute atomic E-state index is 5.86. The Kier molecular flexibility index (Phi) is 4.04. The Hall–Kier alpha value is -1.04. The average Bonchev–Trinajstić information content (AvgIpc) is 2.35. The minimum absolute atomic E-state index is 0.0745. The highest BCUT2D eigenvalue weighted by molar-refractivity contribution is 7.99. The van der Waals surface area contributed by atoms with Gasteiger partial charge in [-0.15, -0.1) is 10.2 Å². The van der Waals surface area contributed by atoms with Crippen molar-refractivity contribution >= 4 is 35.0 Å². The van der Waals surface area contributed by atoms with Gasteiger partial charge in [-0.05, 0) is 35.9 Å². The molecule has 88 valence electrons. The van der Waals surface area contributed by atoms with Crippen molar-refractivity contribution in [3.05, 3.63) is 34.7 Å². The fourth-order valence-corrected chi connectivity index (χ4v) is 2.22. The molecule has 2 rings (SSSR count). The summed E-state index contributed by atoms with van der Waals surface area (Å²) in [4.78, 5) is 4.96. The average molecular weight is 288 g/mol. The molecule has 1 aromatic carbocycles. The topological polar surface area (TPSA) is 47.9 Å². The van der Waals surface area contributed by atoms with Crippen molar-refractivity contribution in [1.29, 1.82) is 0 Å². The van der Waals surface area contributed by atoms with Gasteiger partial charge in [0.1, 0.15) is 10.8 Å². The van der Waals surface area contributed by atoms with Gasteiger partial charge in [0.2, 0.25) is 5.28 Å². The van der Waals surface area contributed by atoms with Gasteiger partial charge >= 0.3 is 0 Å². The van der Waals surface area contributed by atoms with Crippen LogP contribution < -0.4 is 4.74 Å². The first-order valence-corrected chi connectivity index (χ1v) is 6.14. The molecule has 0 N–H and O–H groups in total. The molecule has 0 spiro atoms. The number of hydrogen-bond donors (Lipinski definition) is 0. The molecular weight excluding hydrogens is 281 g/mol. The highest BCUT2D eigenvalue weighted by Crippen LogP contribution is 2.31. The number of ether oxygens (including phenoxy) is 1. The van der Waals surface area contributed by atoms with E-state index in [1.54, 1.807) is 7.11 Å². The van der Waals surface area contributed by atoms with E-state index in [-0.39, 0.29) is 10.4 Å². The van der Waals surface area contributed by atoms with Crippen molar-refractivity contribution in [3.8, 4) is 5.75 Å². The van der Waals surface area contributed by atoms with E-state index >= 15 is 0 Å². The van der Waals surface area contributed by atoms with E-state index in [1.165, 1.54) is 11.8 Å². The molecule has 0 saturated carbocycles. The molecule has 1 aromatic heterocycles. The summed E-state index contributed by atoms with van der Waals surface area (Å²) in [5.41, 5.74) is 0. The third-order valence-electron chi connectivity index (χ3n) is 1.86. The van der Waals surface area contributed by atoms with Gasteiger partial charge in [0.25, 0.3) is 0 Å². The molecule has 0 saturated heterocycles. The van der Waals surface area contributed by atoms with Gasteiger partial charge in [0.15, 0.2) is 5.15 Å². The molecule has 7 heteroatoms. The molecule has 0 amide bonds. The minimum Gasteiger partial charge on any atom is -0.497 e. The van der Waals surface area contributed by atoms with Crippen molar-refractivity contribution in [2.75, 3.05) is 7.11 Å². The van der Waals surface area contributed by atoms with E-state index < -0.39 is 0 Å². The number of hydrogen-bond acceptors (Lipinski definition) is 5. The Bertz CT molecular complexity index is 521. The largest absolute Gasteiger partial charge is 0.497 e. The number of methoxy groups -OCH3 is 1. The predicted molar refractivity (Wildman–Crippen MR) is 67.0 cm³/mol. The number of aromatic nitrogens is 3. The zero-order chi connectivity index (χ0) is 12.3.